The molecule has 1 aromatic heterocycles. The third kappa shape index (κ3) is 3.36. The molecule has 0 spiro atoms. The van der Waals surface area contributed by atoms with Gasteiger partial charge in [-0.1, -0.05) is 67.6 Å². The Morgan fingerprint density at radius 2 is 1.59 bits per heavy atom. The number of rotatable bonds is 5. The molecular weight excluding hydrogens is 433 g/mol. The average molecular weight is 458 g/mol. The van der Waals surface area contributed by atoms with Crippen molar-refractivity contribution < 1.29 is 19.4 Å². The molecule has 5 rings (SSSR count). The number of carbonyl (C=O) groups is 1. The molecule has 0 aliphatic carbocycles. The van der Waals surface area contributed by atoms with Gasteiger partial charge in [0.2, 0.25) is 0 Å². The normalized spacial score (nSPS) is 21.5. The molecule has 172 valence electrons. The highest BCUT2D eigenvalue weighted by Gasteiger charge is 2.56. The molecule has 0 fully saturated rings. The number of hydrogen-bond acceptors (Lipinski definition) is 4. The molecule has 7 heteroatoms. The molecule has 3 aromatic carbocycles. The number of aliphatic hydroxyl groups is 1. The van der Waals surface area contributed by atoms with E-state index >= 15 is 0 Å². The van der Waals surface area contributed by atoms with Crippen molar-refractivity contribution in [3.8, 4) is 11.3 Å². The van der Waals surface area contributed by atoms with E-state index in [2.05, 4.69) is 10.4 Å². The minimum atomic E-state index is -2.37. The zero-order valence-electron chi connectivity index (χ0n) is 18.5. The summed E-state index contributed by atoms with van der Waals surface area (Å²) in [6, 6.07) is 23.9. The fraction of sp³-hybridized carbons (Fsp3) is 0.185. The van der Waals surface area contributed by atoms with E-state index in [-0.39, 0.29) is 5.82 Å². The molecule has 4 aromatic rings. The van der Waals surface area contributed by atoms with Gasteiger partial charge >= 0.3 is 5.97 Å². The molecule has 1 aliphatic rings. The molecular formula is C27H24FN3O3. The second-order valence-electron chi connectivity index (χ2n) is 8.40. The van der Waals surface area contributed by atoms with Crippen LogP contribution >= 0.6 is 0 Å². The van der Waals surface area contributed by atoms with E-state index in [1.807, 2.05) is 67.6 Å². The van der Waals surface area contributed by atoms with Crippen LogP contribution in [0.5, 0.6) is 0 Å². The topological polar surface area (TPSA) is 87.4 Å². The summed E-state index contributed by atoms with van der Waals surface area (Å²) in [5.74, 6) is -2.22. The first kappa shape index (κ1) is 21.9. The Kier molecular flexibility index (Phi) is 5.42. The van der Waals surface area contributed by atoms with Gasteiger partial charge in [0.1, 0.15) is 11.6 Å². The number of benzene rings is 3. The summed E-state index contributed by atoms with van der Waals surface area (Å²) in [6.07, 6.45) is 0.530. The zero-order chi connectivity index (χ0) is 23.9. The number of aromatic nitrogens is 2. The lowest BCUT2D eigenvalue weighted by Gasteiger charge is -2.44. The van der Waals surface area contributed by atoms with Crippen LogP contribution in [0.1, 0.15) is 35.6 Å². The van der Waals surface area contributed by atoms with Crippen molar-refractivity contribution in [2.75, 3.05) is 5.32 Å². The number of aliphatic carboxylic acids is 1. The van der Waals surface area contributed by atoms with Gasteiger partial charge in [0.25, 0.3) is 5.72 Å². The number of halogens is 1. The second-order valence-corrected chi connectivity index (χ2v) is 8.40. The van der Waals surface area contributed by atoms with Crippen molar-refractivity contribution in [2.24, 2.45) is 0 Å². The van der Waals surface area contributed by atoms with Gasteiger partial charge in [0.15, 0.2) is 0 Å². The van der Waals surface area contributed by atoms with Gasteiger partial charge in [0.05, 0.1) is 17.7 Å². The summed E-state index contributed by atoms with van der Waals surface area (Å²) in [4.78, 5) is 12.8. The molecule has 3 atom stereocenters. The lowest BCUT2D eigenvalue weighted by molar-refractivity contribution is -0.179. The monoisotopic (exact) mass is 457 g/mol. The average Bonchev–Trinajstić information content (AvgIpc) is 3.24. The van der Waals surface area contributed by atoms with Gasteiger partial charge in [-0.3, -0.25) is 0 Å². The molecule has 0 radical (unpaired) electrons. The van der Waals surface area contributed by atoms with Gasteiger partial charge in [0, 0.05) is 11.1 Å². The Morgan fingerprint density at radius 1 is 1.00 bits per heavy atom. The lowest BCUT2D eigenvalue weighted by atomic mass is 9.77. The molecule has 0 amide bonds. The highest BCUT2D eigenvalue weighted by atomic mass is 19.1. The predicted molar refractivity (Wildman–Crippen MR) is 127 cm³/mol. The first-order valence-electron chi connectivity index (χ1n) is 11.2. The van der Waals surface area contributed by atoms with E-state index in [1.165, 1.54) is 16.8 Å². The van der Waals surface area contributed by atoms with Crippen molar-refractivity contribution >= 4 is 11.8 Å². The fourth-order valence-electron chi connectivity index (χ4n) is 4.86. The number of anilines is 1. The molecule has 2 heterocycles. The van der Waals surface area contributed by atoms with Gasteiger partial charge in [-0.05, 0) is 41.8 Å². The SMILES string of the molecule is CCc1c(-c2ccc(F)cc2)nn2c1N[C@H](c1ccccc1)[C@H](c1ccccc1)[C@@]2(O)C(=O)O. The van der Waals surface area contributed by atoms with Crippen LogP contribution in [0.4, 0.5) is 10.2 Å². The summed E-state index contributed by atoms with van der Waals surface area (Å²) in [5.41, 5.74) is 1.03. The first-order valence-corrected chi connectivity index (χ1v) is 11.2. The Labute approximate surface area is 196 Å². The van der Waals surface area contributed by atoms with Crippen molar-refractivity contribution in [1.82, 2.24) is 9.78 Å². The van der Waals surface area contributed by atoms with Crippen molar-refractivity contribution in [1.29, 1.82) is 0 Å². The van der Waals surface area contributed by atoms with Crippen molar-refractivity contribution in [3.63, 3.8) is 0 Å². The maximum Gasteiger partial charge on any atom is 0.360 e. The Balaban J connectivity index is 1.79. The van der Waals surface area contributed by atoms with E-state index in [4.69, 9.17) is 0 Å². The summed E-state index contributed by atoms with van der Waals surface area (Å²) in [5, 5.41) is 30.5. The zero-order valence-corrected chi connectivity index (χ0v) is 18.5. The maximum atomic E-state index is 13.6. The molecule has 0 saturated carbocycles. The van der Waals surface area contributed by atoms with Gasteiger partial charge in [-0.2, -0.15) is 5.10 Å². The van der Waals surface area contributed by atoms with Crippen LogP contribution in [0.15, 0.2) is 84.9 Å². The third-order valence-electron chi connectivity index (χ3n) is 6.47. The maximum absolute atomic E-state index is 13.6. The molecule has 0 saturated heterocycles. The fourth-order valence-corrected chi connectivity index (χ4v) is 4.86. The van der Waals surface area contributed by atoms with Crippen LogP contribution in [0.2, 0.25) is 0 Å². The largest absolute Gasteiger partial charge is 0.478 e. The summed E-state index contributed by atoms with van der Waals surface area (Å²) >= 11 is 0. The van der Waals surface area contributed by atoms with Crippen LogP contribution in [0.25, 0.3) is 11.3 Å². The summed E-state index contributed by atoms with van der Waals surface area (Å²) in [7, 11) is 0. The highest BCUT2D eigenvalue weighted by molar-refractivity contribution is 5.80. The van der Waals surface area contributed by atoms with Crippen LogP contribution < -0.4 is 5.32 Å². The summed E-state index contributed by atoms with van der Waals surface area (Å²) < 4.78 is 14.7. The molecule has 6 nitrogen and oxygen atoms in total. The van der Waals surface area contributed by atoms with E-state index in [9.17, 15) is 19.4 Å². The van der Waals surface area contributed by atoms with Crippen molar-refractivity contribution in [2.45, 2.75) is 31.0 Å². The van der Waals surface area contributed by atoms with Crippen LogP contribution in [-0.4, -0.2) is 26.0 Å². The number of hydrogen-bond donors (Lipinski definition) is 3. The van der Waals surface area contributed by atoms with Gasteiger partial charge in [-0.25, -0.2) is 13.9 Å². The molecule has 34 heavy (non-hydrogen) atoms. The molecule has 0 bridgehead atoms. The van der Waals surface area contributed by atoms with Crippen LogP contribution in [0, 0.1) is 5.82 Å². The first-order chi connectivity index (χ1) is 16.4. The number of nitrogens with one attached hydrogen (secondary N) is 1. The number of carboxylic acids is 1. The van der Waals surface area contributed by atoms with E-state index in [1.54, 1.807) is 12.1 Å². The number of nitrogens with zero attached hydrogens (tertiary/aromatic N) is 2. The predicted octanol–water partition coefficient (Wildman–Crippen LogP) is 4.93. The van der Waals surface area contributed by atoms with Crippen molar-refractivity contribution in [3.05, 3.63) is 107 Å². The molecule has 3 N–H and O–H groups in total. The van der Waals surface area contributed by atoms with Gasteiger partial charge in [-0.15, -0.1) is 0 Å². The third-order valence-corrected chi connectivity index (χ3v) is 6.47. The van der Waals surface area contributed by atoms with E-state index in [0.717, 1.165) is 11.1 Å². The quantitative estimate of drug-likeness (QED) is 0.396. The van der Waals surface area contributed by atoms with Crippen LogP contribution in [-0.2, 0) is 16.9 Å². The Morgan fingerprint density at radius 3 is 2.15 bits per heavy atom. The Bertz CT molecular complexity index is 1320. The van der Waals surface area contributed by atoms with Crippen LogP contribution in [0.3, 0.4) is 0 Å². The van der Waals surface area contributed by atoms with E-state index in [0.29, 0.717) is 29.1 Å². The Hall–Kier alpha value is -3.97. The smallest absolute Gasteiger partial charge is 0.360 e. The minimum Gasteiger partial charge on any atom is -0.478 e. The number of fused-ring (bicyclic) bond motifs is 1. The van der Waals surface area contributed by atoms with E-state index < -0.39 is 23.7 Å². The highest BCUT2D eigenvalue weighted by Crippen LogP contribution is 2.50. The standard InChI is InChI=1S/C27H24FN3O3/c1-2-21-23(19-13-15-20(28)16-14-19)30-31-25(21)29-24(18-11-7-4-8-12-18)22(27(31,34)26(32)33)17-9-5-3-6-10-17/h3-16,22,24,29,34H,2H2,1H3,(H,32,33)/t22-,24+,27+/m0/s1. The second kappa shape index (κ2) is 8.43. The van der Waals surface area contributed by atoms with Gasteiger partial charge < -0.3 is 15.5 Å². The minimum absolute atomic E-state index is 0.376. The number of carboxylic acid groups (broad SMARTS) is 1. The summed E-state index contributed by atoms with van der Waals surface area (Å²) in [6.45, 7) is 1.94. The molecule has 1 aliphatic heterocycles. The molecule has 0 unspecified atom stereocenters. The lowest BCUT2D eigenvalue weighted by Crippen LogP contribution is -2.54.